The van der Waals surface area contributed by atoms with Gasteiger partial charge in [-0.2, -0.15) is 5.10 Å². The summed E-state index contributed by atoms with van der Waals surface area (Å²) in [6.07, 6.45) is 5.13. The number of benzene rings is 1. The second kappa shape index (κ2) is 9.20. The molecular formula is C19H20BrN3O4S. The molecule has 148 valence electrons. The topological polar surface area (TPSA) is 100 Å². The number of phenols is 1. The van der Waals surface area contributed by atoms with Crippen LogP contribution in [0.1, 0.15) is 46.1 Å². The van der Waals surface area contributed by atoms with Crippen LogP contribution in [0.15, 0.2) is 27.8 Å². The number of rotatable bonds is 5. The number of carbonyl (C=O) groups excluding carboxylic acids is 2. The largest absolute Gasteiger partial charge is 0.507 e. The quantitative estimate of drug-likeness (QED) is 0.345. The van der Waals surface area contributed by atoms with Gasteiger partial charge in [0.1, 0.15) is 10.8 Å². The lowest BCUT2D eigenvalue weighted by Gasteiger charge is -2.12. The standard InChI is InChI=1S/C19H20BrN3O4S/c1-2-27-18(25)16-13-5-3-4-6-15(13)28-17(16)22-19(26)23-21-10-11-9-12(20)7-8-14(11)24/h7-10,24H,2-6H2,1H3,(H2,22,23,26). The normalized spacial score (nSPS) is 13.2. The first kappa shape index (κ1) is 20.3. The molecule has 9 heteroatoms. The molecule has 0 unspecified atom stereocenters. The van der Waals surface area contributed by atoms with Crippen molar-refractivity contribution in [3.63, 3.8) is 0 Å². The van der Waals surface area contributed by atoms with Crippen LogP contribution in [0, 0.1) is 0 Å². The molecule has 3 N–H and O–H groups in total. The van der Waals surface area contributed by atoms with Crippen molar-refractivity contribution in [3.05, 3.63) is 44.2 Å². The first-order chi connectivity index (χ1) is 13.5. The summed E-state index contributed by atoms with van der Waals surface area (Å²) in [5.74, 6) is -0.371. The molecule has 28 heavy (non-hydrogen) atoms. The summed E-state index contributed by atoms with van der Waals surface area (Å²) in [6, 6.07) is 4.31. The molecule has 0 fully saturated rings. The summed E-state index contributed by atoms with van der Waals surface area (Å²) >= 11 is 4.72. The lowest BCUT2D eigenvalue weighted by molar-refractivity contribution is 0.0526. The first-order valence-electron chi connectivity index (χ1n) is 8.89. The van der Waals surface area contributed by atoms with E-state index in [2.05, 4.69) is 31.8 Å². The van der Waals surface area contributed by atoms with Crippen LogP contribution in [-0.4, -0.2) is 29.9 Å². The number of hydrogen-bond donors (Lipinski definition) is 3. The molecule has 0 aliphatic heterocycles. The van der Waals surface area contributed by atoms with Crippen molar-refractivity contribution < 1.29 is 19.4 Å². The van der Waals surface area contributed by atoms with Crippen LogP contribution in [0.5, 0.6) is 5.75 Å². The highest BCUT2D eigenvalue weighted by molar-refractivity contribution is 9.10. The minimum atomic E-state index is -0.574. The second-order valence-corrected chi connectivity index (χ2v) is 8.18. The number of amides is 2. The summed E-state index contributed by atoms with van der Waals surface area (Å²) in [5.41, 5.74) is 4.23. The van der Waals surface area contributed by atoms with E-state index in [0.717, 1.165) is 40.6 Å². The minimum Gasteiger partial charge on any atom is -0.507 e. The predicted octanol–water partition coefficient (Wildman–Crippen LogP) is 4.43. The third kappa shape index (κ3) is 4.71. The van der Waals surface area contributed by atoms with Crippen LogP contribution in [-0.2, 0) is 17.6 Å². The van der Waals surface area contributed by atoms with E-state index in [1.54, 1.807) is 19.1 Å². The Morgan fingerprint density at radius 3 is 2.93 bits per heavy atom. The van der Waals surface area contributed by atoms with Crippen LogP contribution < -0.4 is 10.7 Å². The number of urea groups is 1. The van der Waals surface area contributed by atoms with Crippen molar-refractivity contribution in [2.75, 3.05) is 11.9 Å². The molecule has 0 bridgehead atoms. The zero-order valence-corrected chi connectivity index (χ0v) is 17.7. The fourth-order valence-corrected chi connectivity index (χ4v) is 4.64. The van der Waals surface area contributed by atoms with E-state index in [1.807, 2.05) is 0 Å². The van der Waals surface area contributed by atoms with Crippen molar-refractivity contribution in [3.8, 4) is 5.75 Å². The van der Waals surface area contributed by atoms with Gasteiger partial charge in [0.15, 0.2) is 0 Å². The third-order valence-corrected chi connectivity index (χ3v) is 5.94. The lowest BCUT2D eigenvalue weighted by atomic mass is 9.95. The van der Waals surface area contributed by atoms with E-state index in [0.29, 0.717) is 16.1 Å². The Balaban J connectivity index is 1.73. The van der Waals surface area contributed by atoms with Gasteiger partial charge >= 0.3 is 12.0 Å². The smallest absolute Gasteiger partial charge is 0.341 e. The summed E-state index contributed by atoms with van der Waals surface area (Å²) in [5, 5.41) is 16.8. The van der Waals surface area contributed by atoms with Gasteiger partial charge in [0.2, 0.25) is 0 Å². The van der Waals surface area contributed by atoms with Crippen LogP contribution in [0.2, 0.25) is 0 Å². The average molecular weight is 466 g/mol. The SMILES string of the molecule is CCOC(=O)c1c(NC(=O)NN=Cc2cc(Br)ccc2O)sc2c1CCCC2. The van der Waals surface area contributed by atoms with E-state index < -0.39 is 12.0 Å². The first-order valence-corrected chi connectivity index (χ1v) is 10.5. The maximum atomic E-state index is 12.4. The van der Waals surface area contributed by atoms with E-state index in [-0.39, 0.29) is 12.4 Å². The van der Waals surface area contributed by atoms with Crippen molar-refractivity contribution >= 4 is 50.5 Å². The maximum Gasteiger partial charge on any atom is 0.341 e. The number of carbonyl (C=O) groups is 2. The highest BCUT2D eigenvalue weighted by Gasteiger charge is 2.27. The van der Waals surface area contributed by atoms with Crippen LogP contribution in [0.3, 0.4) is 0 Å². The molecular weight excluding hydrogens is 446 g/mol. The molecule has 0 spiro atoms. The molecule has 2 aromatic rings. The Labute approximate surface area is 174 Å². The third-order valence-electron chi connectivity index (χ3n) is 4.24. The zero-order chi connectivity index (χ0) is 20.1. The number of aryl methyl sites for hydroxylation is 1. The molecule has 7 nitrogen and oxygen atoms in total. The van der Waals surface area contributed by atoms with Crippen LogP contribution in [0.25, 0.3) is 0 Å². The van der Waals surface area contributed by atoms with Crippen molar-refractivity contribution in [2.24, 2.45) is 5.10 Å². The number of halogens is 1. The van der Waals surface area contributed by atoms with E-state index in [1.165, 1.54) is 23.6 Å². The number of ether oxygens (including phenoxy) is 1. The van der Waals surface area contributed by atoms with Crippen LogP contribution in [0.4, 0.5) is 9.80 Å². The van der Waals surface area contributed by atoms with Crippen molar-refractivity contribution in [1.82, 2.24) is 5.43 Å². The number of aromatic hydroxyl groups is 1. The minimum absolute atomic E-state index is 0.0460. The number of thiophene rings is 1. The molecule has 1 aliphatic carbocycles. The highest BCUT2D eigenvalue weighted by Crippen LogP contribution is 2.38. The summed E-state index contributed by atoms with van der Waals surface area (Å²) < 4.78 is 5.95. The maximum absolute atomic E-state index is 12.4. The predicted molar refractivity (Wildman–Crippen MR) is 112 cm³/mol. The number of hydrazone groups is 1. The van der Waals surface area contributed by atoms with Gasteiger partial charge in [0.05, 0.1) is 18.4 Å². The van der Waals surface area contributed by atoms with Gasteiger partial charge in [-0.15, -0.1) is 11.3 Å². The Hall–Kier alpha value is -2.39. The molecule has 3 rings (SSSR count). The van der Waals surface area contributed by atoms with Gasteiger partial charge in [-0.1, -0.05) is 15.9 Å². The van der Waals surface area contributed by atoms with E-state index >= 15 is 0 Å². The Morgan fingerprint density at radius 2 is 2.14 bits per heavy atom. The molecule has 1 aliphatic rings. The number of nitrogens with one attached hydrogen (secondary N) is 2. The van der Waals surface area contributed by atoms with Crippen LogP contribution >= 0.6 is 27.3 Å². The Kier molecular flexibility index (Phi) is 6.69. The lowest BCUT2D eigenvalue weighted by Crippen LogP contribution is -2.25. The number of nitrogens with zero attached hydrogens (tertiary/aromatic N) is 1. The number of esters is 1. The van der Waals surface area contributed by atoms with Crippen molar-refractivity contribution in [1.29, 1.82) is 0 Å². The highest BCUT2D eigenvalue weighted by atomic mass is 79.9. The molecule has 0 radical (unpaired) electrons. The molecule has 0 atom stereocenters. The second-order valence-electron chi connectivity index (χ2n) is 6.16. The Bertz CT molecular complexity index is 926. The summed E-state index contributed by atoms with van der Waals surface area (Å²) in [7, 11) is 0. The van der Waals surface area contributed by atoms with E-state index in [9.17, 15) is 14.7 Å². The van der Waals surface area contributed by atoms with Gasteiger partial charge in [-0.25, -0.2) is 15.0 Å². The summed E-state index contributed by atoms with van der Waals surface area (Å²) in [4.78, 5) is 25.8. The fraction of sp³-hybridized carbons (Fsp3) is 0.316. The average Bonchev–Trinajstić information content (AvgIpc) is 3.02. The van der Waals surface area contributed by atoms with Gasteiger partial charge < -0.3 is 9.84 Å². The van der Waals surface area contributed by atoms with E-state index in [4.69, 9.17) is 4.74 Å². The zero-order valence-electron chi connectivity index (χ0n) is 15.3. The molecule has 1 aromatic heterocycles. The number of phenolic OH excluding ortho intramolecular Hbond substituents is 1. The van der Waals surface area contributed by atoms with Gasteiger partial charge in [0.25, 0.3) is 0 Å². The fourth-order valence-electron chi connectivity index (χ4n) is 2.99. The monoisotopic (exact) mass is 465 g/mol. The summed E-state index contributed by atoms with van der Waals surface area (Å²) in [6.45, 7) is 2.03. The Morgan fingerprint density at radius 1 is 1.36 bits per heavy atom. The van der Waals surface area contributed by atoms with Crippen molar-refractivity contribution in [2.45, 2.75) is 32.6 Å². The molecule has 1 aromatic carbocycles. The van der Waals surface area contributed by atoms with Gasteiger partial charge in [-0.3, -0.25) is 5.32 Å². The molecule has 0 saturated heterocycles. The van der Waals surface area contributed by atoms with Gasteiger partial charge in [-0.05, 0) is 56.4 Å². The number of anilines is 1. The molecule has 1 heterocycles. The number of fused-ring (bicyclic) bond motifs is 1. The molecule has 0 saturated carbocycles. The number of hydrogen-bond acceptors (Lipinski definition) is 6. The molecule has 2 amide bonds. The van der Waals surface area contributed by atoms with Gasteiger partial charge in [0, 0.05) is 14.9 Å².